The smallest absolute Gasteiger partial charge is 0.249 e. The number of benzene rings is 2. The molecule has 7 atom stereocenters. The predicted octanol–water partition coefficient (Wildman–Crippen LogP) is 3.78. The van der Waals surface area contributed by atoms with Gasteiger partial charge in [-0.2, -0.15) is 0 Å². The van der Waals surface area contributed by atoms with Gasteiger partial charge in [0.2, 0.25) is 11.8 Å². The van der Waals surface area contributed by atoms with Crippen molar-refractivity contribution in [3.8, 4) is 11.5 Å². The van der Waals surface area contributed by atoms with Crippen LogP contribution in [0.4, 0.5) is 4.39 Å². The fourth-order valence-electron chi connectivity index (χ4n) is 7.27. The lowest BCUT2D eigenvalue weighted by Crippen LogP contribution is -2.56. The molecule has 10 nitrogen and oxygen atoms in total. The minimum atomic E-state index is -1.31. The molecule has 5 rings (SSSR count). The third-order valence-electron chi connectivity index (χ3n) is 9.74. The van der Waals surface area contributed by atoms with E-state index >= 15 is 0 Å². The Balaban J connectivity index is 1.53. The summed E-state index contributed by atoms with van der Waals surface area (Å²) in [6.45, 7) is 5.96. The average Bonchev–Trinajstić information content (AvgIpc) is 3.45. The lowest BCUT2D eigenvalue weighted by molar-refractivity contribution is -0.148. The summed E-state index contributed by atoms with van der Waals surface area (Å²) in [5.74, 6) is -0.410. The molecule has 11 heteroatoms. The van der Waals surface area contributed by atoms with Crippen molar-refractivity contribution in [3.05, 3.63) is 70.6 Å². The second kappa shape index (κ2) is 15.0. The van der Waals surface area contributed by atoms with Crippen LogP contribution < -0.4 is 14.8 Å². The second-order valence-corrected chi connectivity index (χ2v) is 13.2. The number of nitrogens with zero attached hydrogens (tertiary/aromatic N) is 1. The van der Waals surface area contributed by atoms with Crippen LogP contribution in [0.1, 0.15) is 67.4 Å². The third kappa shape index (κ3) is 7.37. The van der Waals surface area contributed by atoms with E-state index in [0.29, 0.717) is 46.5 Å². The number of aliphatic hydroxyl groups excluding tert-OH is 2. The summed E-state index contributed by atoms with van der Waals surface area (Å²) < 4.78 is 31.9. The fraction of sp³-hybridized carbons (Fsp3) is 0.528. The molecule has 0 spiro atoms. The molecule has 1 saturated carbocycles. The van der Waals surface area contributed by atoms with Crippen LogP contribution in [0.2, 0.25) is 0 Å². The van der Waals surface area contributed by atoms with Gasteiger partial charge >= 0.3 is 0 Å². The SMILES string of the molecule is COc1cc(C=O)cc2c1O[C@@H]1[C@@H](O)[C@H](N(Cc3ccc(F)cc3)C(=O)CO[C@H]3C[C@@H](C)CC[C@@H]3C(C)C)C=C(C(=O)NCCO)[C@H]21. The summed E-state index contributed by atoms with van der Waals surface area (Å²) in [5.41, 5.74) is 1.62. The minimum absolute atomic E-state index is 0.00383. The van der Waals surface area contributed by atoms with E-state index < -0.39 is 41.8 Å². The van der Waals surface area contributed by atoms with Gasteiger partial charge in [0.25, 0.3) is 0 Å². The zero-order valence-electron chi connectivity index (χ0n) is 27.4. The molecule has 3 aliphatic rings. The quantitative estimate of drug-likeness (QED) is 0.295. The number of halogens is 1. The molecule has 254 valence electrons. The van der Waals surface area contributed by atoms with Crippen LogP contribution in [-0.2, 0) is 20.9 Å². The summed E-state index contributed by atoms with van der Waals surface area (Å²) in [7, 11) is 1.43. The number of hydrogen-bond donors (Lipinski definition) is 3. The van der Waals surface area contributed by atoms with Gasteiger partial charge in [0.1, 0.15) is 30.9 Å². The Labute approximate surface area is 274 Å². The van der Waals surface area contributed by atoms with Crippen LogP contribution in [0.25, 0.3) is 0 Å². The number of hydrogen-bond acceptors (Lipinski definition) is 8. The van der Waals surface area contributed by atoms with Gasteiger partial charge in [-0.1, -0.05) is 39.3 Å². The van der Waals surface area contributed by atoms with Crippen molar-refractivity contribution in [2.75, 3.05) is 26.9 Å². The lowest BCUT2D eigenvalue weighted by Gasteiger charge is -2.41. The fourth-order valence-corrected chi connectivity index (χ4v) is 7.27. The molecule has 0 saturated heterocycles. The Bertz CT molecular complexity index is 1480. The first-order valence-electron chi connectivity index (χ1n) is 16.3. The van der Waals surface area contributed by atoms with Gasteiger partial charge in [-0.3, -0.25) is 14.4 Å². The van der Waals surface area contributed by atoms with Crippen molar-refractivity contribution in [1.82, 2.24) is 10.2 Å². The van der Waals surface area contributed by atoms with Gasteiger partial charge in [0.05, 0.1) is 31.8 Å². The summed E-state index contributed by atoms with van der Waals surface area (Å²) in [6, 6.07) is 7.81. The topological polar surface area (TPSA) is 135 Å². The van der Waals surface area contributed by atoms with E-state index in [9.17, 15) is 29.0 Å². The monoisotopic (exact) mass is 652 g/mol. The van der Waals surface area contributed by atoms with E-state index in [1.807, 2.05) is 0 Å². The minimum Gasteiger partial charge on any atom is -0.493 e. The lowest BCUT2D eigenvalue weighted by atomic mass is 9.75. The zero-order valence-corrected chi connectivity index (χ0v) is 27.4. The predicted molar refractivity (Wildman–Crippen MR) is 172 cm³/mol. The highest BCUT2D eigenvalue weighted by Crippen LogP contribution is 2.51. The van der Waals surface area contributed by atoms with Crippen LogP contribution in [0.5, 0.6) is 11.5 Å². The molecule has 0 bridgehead atoms. The van der Waals surface area contributed by atoms with Crippen molar-refractivity contribution >= 4 is 18.1 Å². The Morgan fingerprint density at radius 1 is 1.19 bits per heavy atom. The van der Waals surface area contributed by atoms with Crippen LogP contribution >= 0.6 is 0 Å². The first-order valence-corrected chi connectivity index (χ1v) is 16.3. The summed E-state index contributed by atoms with van der Waals surface area (Å²) >= 11 is 0. The first-order chi connectivity index (χ1) is 22.6. The van der Waals surface area contributed by atoms with Gasteiger partial charge in [-0.25, -0.2) is 4.39 Å². The van der Waals surface area contributed by atoms with E-state index in [1.54, 1.807) is 24.3 Å². The van der Waals surface area contributed by atoms with Crippen molar-refractivity contribution < 1.29 is 43.2 Å². The Morgan fingerprint density at radius 3 is 2.60 bits per heavy atom. The molecule has 2 amide bonds. The van der Waals surface area contributed by atoms with Gasteiger partial charge in [-0.05, 0) is 66.5 Å². The van der Waals surface area contributed by atoms with E-state index in [2.05, 4.69) is 26.1 Å². The normalized spacial score (nSPS) is 26.5. The van der Waals surface area contributed by atoms with Crippen LogP contribution in [0.15, 0.2) is 48.0 Å². The van der Waals surface area contributed by atoms with Crippen molar-refractivity contribution in [3.63, 3.8) is 0 Å². The first kappa shape index (κ1) is 34.5. The van der Waals surface area contributed by atoms with Crippen molar-refractivity contribution in [2.45, 2.75) is 76.9 Å². The number of amides is 2. The highest BCUT2D eigenvalue weighted by molar-refractivity contribution is 5.96. The largest absolute Gasteiger partial charge is 0.493 e. The molecule has 47 heavy (non-hydrogen) atoms. The second-order valence-electron chi connectivity index (χ2n) is 13.2. The molecule has 1 aliphatic heterocycles. The third-order valence-corrected chi connectivity index (χ3v) is 9.74. The number of rotatable bonds is 12. The Morgan fingerprint density at radius 2 is 1.94 bits per heavy atom. The van der Waals surface area contributed by atoms with Crippen LogP contribution in [-0.4, -0.2) is 84.4 Å². The molecule has 2 aromatic rings. The number of aldehydes is 1. The molecule has 1 fully saturated rings. The van der Waals surface area contributed by atoms with E-state index in [4.69, 9.17) is 14.2 Å². The molecular formula is C36H45FN2O8. The van der Waals surface area contributed by atoms with Gasteiger partial charge in [-0.15, -0.1) is 0 Å². The number of carbonyl (C=O) groups is 3. The Hall–Kier alpha value is -3.80. The summed E-state index contributed by atoms with van der Waals surface area (Å²) in [5, 5.41) is 24.0. The molecule has 0 radical (unpaired) electrons. The number of ether oxygens (including phenoxy) is 3. The molecule has 0 unspecified atom stereocenters. The molecule has 1 heterocycles. The van der Waals surface area contributed by atoms with Crippen LogP contribution in [0.3, 0.4) is 0 Å². The van der Waals surface area contributed by atoms with E-state index in [-0.39, 0.29) is 43.7 Å². The van der Waals surface area contributed by atoms with Crippen LogP contribution in [0, 0.1) is 23.6 Å². The van der Waals surface area contributed by atoms with Gasteiger partial charge < -0.3 is 34.6 Å². The molecule has 0 aromatic heterocycles. The zero-order chi connectivity index (χ0) is 33.8. The van der Waals surface area contributed by atoms with Crippen molar-refractivity contribution in [2.24, 2.45) is 17.8 Å². The molecule has 2 aromatic carbocycles. The summed E-state index contributed by atoms with van der Waals surface area (Å²) in [4.78, 5) is 41.0. The summed E-state index contributed by atoms with van der Waals surface area (Å²) in [6.07, 6.45) is 2.76. The van der Waals surface area contributed by atoms with E-state index in [0.717, 1.165) is 19.3 Å². The van der Waals surface area contributed by atoms with Crippen molar-refractivity contribution in [1.29, 1.82) is 0 Å². The average molecular weight is 653 g/mol. The maximum absolute atomic E-state index is 14.2. The molecule has 3 N–H and O–H groups in total. The number of carbonyl (C=O) groups excluding carboxylic acids is 3. The highest BCUT2D eigenvalue weighted by Gasteiger charge is 2.51. The highest BCUT2D eigenvalue weighted by atomic mass is 19.1. The number of methoxy groups -OCH3 is 1. The maximum Gasteiger partial charge on any atom is 0.249 e. The van der Waals surface area contributed by atoms with Gasteiger partial charge in [0, 0.05) is 29.8 Å². The maximum atomic E-state index is 14.2. The molecular weight excluding hydrogens is 607 g/mol. The molecule has 2 aliphatic carbocycles. The number of aliphatic hydroxyl groups is 2. The standard InChI is InChI=1S/C36H45FN2O8/c1-20(2)25-10-5-21(3)13-29(25)46-19-31(42)39(17-22-6-8-24(37)9-7-22)28-16-27(36(44)38-11-12-40)32-26-14-23(18-41)15-30(45-4)34(26)47-35(32)33(28)43/h6-9,14-16,18,20-21,25,28-29,32-33,35,40,43H,5,10-13,17,19H2,1-4H3,(H,38,44)/t21-,25+,28+,29-,32-,33-,35-/m0/s1. The van der Waals surface area contributed by atoms with E-state index in [1.165, 1.54) is 30.2 Å². The van der Waals surface area contributed by atoms with Gasteiger partial charge in [0.15, 0.2) is 11.5 Å². The Kier molecular flexibility index (Phi) is 11.0. The number of fused-ring (bicyclic) bond motifs is 3. The number of nitrogens with one attached hydrogen (secondary N) is 1.